The molecule has 0 aromatic carbocycles. The van der Waals surface area contributed by atoms with E-state index in [4.69, 9.17) is 5.73 Å². The predicted molar refractivity (Wildman–Crippen MR) is 59.3 cm³/mol. The van der Waals surface area contributed by atoms with Crippen LogP contribution in [0, 0.1) is 0 Å². The minimum atomic E-state index is 0.554. The number of nitrogens with two attached hydrogens (primary N) is 1. The topological polar surface area (TPSA) is 41.6 Å². The van der Waals surface area contributed by atoms with Crippen molar-refractivity contribution < 1.29 is 0 Å². The number of hydrogen-bond acceptors (Lipinski definition) is 1. The van der Waals surface area contributed by atoms with E-state index < -0.39 is 0 Å². The number of guanidine groups is 1. The number of unbranched alkanes of at least 4 members (excludes halogenated alkanes) is 1. The Morgan fingerprint density at radius 3 is 2.57 bits per heavy atom. The van der Waals surface area contributed by atoms with Crippen molar-refractivity contribution in [2.45, 2.75) is 57.5 Å². The molecule has 2 rings (SSSR count). The Kier molecular flexibility index (Phi) is 2.94. The summed E-state index contributed by atoms with van der Waals surface area (Å²) in [6, 6.07) is 1.27. The van der Waals surface area contributed by atoms with E-state index in [0.717, 1.165) is 12.5 Å². The summed E-state index contributed by atoms with van der Waals surface area (Å²) in [7, 11) is 0. The first-order chi connectivity index (χ1) is 6.81. The lowest BCUT2D eigenvalue weighted by Gasteiger charge is -2.23. The number of nitrogens with zero attached hydrogens (tertiary/aromatic N) is 2. The maximum atomic E-state index is 6.02. The van der Waals surface area contributed by atoms with E-state index in [-0.39, 0.29) is 0 Å². The molecule has 2 N–H and O–H groups in total. The van der Waals surface area contributed by atoms with E-state index in [2.05, 4.69) is 16.8 Å². The molecule has 0 unspecified atom stereocenters. The molecule has 80 valence electrons. The Hall–Kier alpha value is -0.730. The molecular formula is C11H21N3. The summed E-state index contributed by atoms with van der Waals surface area (Å²) in [6.07, 6.45) is 7.58. The minimum absolute atomic E-state index is 0.554. The van der Waals surface area contributed by atoms with Gasteiger partial charge < -0.3 is 10.6 Å². The van der Waals surface area contributed by atoms with Crippen LogP contribution in [0.4, 0.5) is 0 Å². The zero-order valence-corrected chi connectivity index (χ0v) is 9.08. The maximum Gasteiger partial charge on any atom is 0.191 e. The Morgan fingerprint density at radius 1 is 1.36 bits per heavy atom. The standard InChI is InChI=1S/C11H21N3/c1-2-3-8-14(10-6-7-10)11(12)13-9-4-5-9/h9-10H,2-8H2,1H3,(H2,12,13). The quantitative estimate of drug-likeness (QED) is 0.536. The first-order valence-electron chi connectivity index (χ1n) is 5.91. The van der Waals surface area contributed by atoms with E-state index in [1.165, 1.54) is 38.5 Å². The molecule has 2 aliphatic rings. The van der Waals surface area contributed by atoms with Gasteiger partial charge in [0.05, 0.1) is 6.04 Å². The molecule has 0 aromatic rings. The van der Waals surface area contributed by atoms with Crippen LogP contribution < -0.4 is 5.73 Å². The predicted octanol–water partition coefficient (Wildman–Crippen LogP) is 1.73. The van der Waals surface area contributed by atoms with Crippen molar-refractivity contribution in [3.63, 3.8) is 0 Å². The van der Waals surface area contributed by atoms with Crippen LogP contribution in [0.1, 0.15) is 45.4 Å². The van der Waals surface area contributed by atoms with Gasteiger partial charge in [0, 0.05) is 12.6 Å². The van der Waals surface area contributed by atoms with Crippen molar-refractivity contribution in [2.75, 3.05) is 6.54 Å². The molecule has 2 saturated carbocycles. The lowest BCUT2D eigenvalue weighted by Crippen LogP contribution is -2.40. The highest BCUT2D eigenvalue weighted by Gasteiger charge is 2.31. The second-order valence-electron chi connectivity index (χ2n) is 4.50. The van der Waals surface area contributed by atoms with Crippen molar-refractivity contribution in [2.24, 2.45) is 10.7 Å². The van der Waals surface area contributed by atoms with Gasteiger partial charge in [0.2, 0.25) is 0 Å². The average molecular weight is 195 g/mol. The fraction of sp³-hybridized carbons (Fsp3) is 0.909. The average Bonchev–Trinajstić information content (AvgIpc) is 2.98. The van der Waals surface area contributed by atoms with Crippen LogP contribution in [0.5, 0.6) is 0 Å². The summed E-state index contributed by atoms with van der Waals surface area (Å²) in [5.41, 5.74) is 6.02. The van der Waals surface area contributed by atoms with Crippen molar-refractivity contribution in [1.29, 1.82) is 0 Å². The van der Waals surface area contributed by atoms with Gasteiger partial charge in [-0.1, -0.05) is 13.3 Å². The third-order valence-electron chi connectivity index (χ3n) is 2.90. The van der Waals surface area contributed by atoms with E-state index in [0.29, 0.717) is 12.1 Å². The van der Waals surface area contributed by atoms with Crippen LogP contribution in [0.3, 0.4) is 0 Å². The van der Waals surface area contributed by atoms with Crippen LogP contribution in [-0.4, -0.2) is 29.5 Å². The zero-order chi connectivity index (χ0) is 9.97. The van der Waals surface area contributed by atoms with Gasteiger partial charge in [0.25, 0.3) is 0 Å². The number of rotatable bonds is 5. The molecule has 0 bridgehead atoms. The SMILES string of the molecule is CCCCN(C(N)=NC1CC1)C1CC1. The van der Waals surface area contributed by atoms with E-state index in [9.17, 15) is 0 Å². The van der Waals surface area contributed by atoms with Gasteiger partial charge in [0.15, 0.2) is 5.96 Å². The molecular weight excluding hydrogens is 174 g/mol. The van der Waals surface area contributed by atoms with Crippen LogP contribution >= 0.6 is 0 Å². The first kappa shape index (κ1) is 9.81. The van der Waals surface area contributed by atoms with Gasteiger partial charge in [-0.3, -0.25) is 0 Å². The van der Waals surface area contributed by atoms with E-state index in [1.807, 2.05) is 0 Å². The highest BCUT2D eigenvalue weighted by Crippen LogP contribution is 2.28. The fourth-order valence-corrected chi connectivity index (χ4v) is 1.66. The minimum Gasteiger partial charge on any atom is -0.370 e. The van der Waals surface area contributed by atoms with Crippen LogP contribution in [0.15, 0.2) is 4.99 Å². The molecule has 0 aromatic heterocycles. The van der Waals surface area contributed by atoms with Crippen LogP contribution in [0.2, 0.25) is 0 Å². The summed E-state index contributed by atoms with van der Waals surface area (Å²) in [6.45, 7) is 3.32. The molecule has 2 aliphatic carbocycles. The first-order valence-corrected chi connectivity index (χ1v) is 5.91. The van der Waals surface area contributed by atoms with E-state index >= 15 is 0 Å². The van der Waals surface area contributed by atoms with Crippen molar-refractivity contribution in [3.05, 3.63) is 0 Å². The molecule has 3 nitrogen and oxygen atoms in total. The molecule has 0 heterocycles. The molecule has 0 radical (unpaired) electrons. The molecule has 14 heavy (non-hydrogen) atoms. The normalized spacial score (nSPS) is 22.5. The van der Waals surface area contributed by atoms with Crippen molar-refractivity contribution >= 4 is 5.96 Å². The smallest absolute Gasteiger partial charge is 0.191 e. The molecule has 2 fully saturated rings. The van der Waals surface area contributed by atoms with Gasteiger partial charge >= 0.3 is 0 Å². The lowest BCUT2D eigenvalue weighted by molar-refractivity contribution is 0.393. The summed E-state index contributed by atoms with van der Waals surface area (Å²) >= 11 is 0. The highest BCUT2D eigenvalue weighted by atomic mass is 15.3. The highest BCUT2D eigenvalue weighted by molar-refractivity contribution is 5.79. The lowest BCUT2D eigenvalue weighted by atomic mass is 10.3. The van der Waals surface area contributed by atoms with Gasteiger partial charge in [-0.25, -0.2) is 4.99 Å². The molecule has 0 amide bonds. The Morgan fingerprint density at radius 2 is 2.07 bits per heavy atom. The summed E-state index contributed by atoms with van der Waals surface area (Å²) < 4.78 is 0. The molecule has 0 aliphatic heterocycles. The maximum absolute atomic E-state index is 6.02. The Labute approximate surface area is 86.4 Å². The zero-order valence-electron chi connectivity index (χ0n) is 9.08. The third kappa shape index (κ3) is 2.63. The monoisotopic (exact) mass is 195 g/mol. The van der Waals surface area contributed by atoms with E-state index in [1.54, 1.807) is 0 Å². The van der Waals surface area contributed by atoms with Gasteiger partial charge in [-0.15, -0.1) is 0 Å². The molecule has 3 heteroatoms. The summed E-state index contributed by atoms with van der Waals surface area (Å²) in [5, 5.41) is 0. The summed E-state index contributed by atoms with van der Waals surface area (Å²) in [5.74, 6) is 0.809. The third-order valence-corrected chi connectivity index (χ3v) is 2.90. The van der Waals surface area contributed by atoms with Gasteiger partial charge in [-0.05, 0) is 32.1 Å². The van der Waals surface area contributed by atoms with Crippen LogP contribution in [0.25, 0.3) is 0 Å². The number of aliphatic imine (C=N–C) groups is 1. The second-order valence-corrected chi connectivity index (χ2v) is 4.50. The summed E-state index contributed by atoms with van der Waals surface area (Å²) in [4.78, 5) is 6.84. The largest absolute Gasteiger partial charge is 0.370 e. The fourth-order valence-electron chi connectivity index (χ4n) is 1.66. The Balaban J connectivity index is 1.87. The van der Waals surface area contributed by atoms with Crippen molar-refractivity contribution in [1.82, 2.24) is 4.90 Å². The molecule has 0 atom stereocenters. The van der Waals surface area contributed by atoms with Crippen molar-refractivity contribution in [3.8, 4) is 0 Å². The second kappa shape index (κ2) is 4.20. The molecule has 0 saturated heterocycles. The molecule has 0 spiro atoms. The van der Waals surface area contributed by atoms with Crippen LogP contribution in [-0.2, 0) is 0 Å². The Bertz CT molecular complexity index is 217. The number of hydrogen-bond donors (Lipinski definition) is 1. The van der Waals surface area contributed by atoms with Gasteiger partial charge in [-0.2, -0.15) is 0 Å². The van der Waals surface area contributed by atoms with Gasteiger partial charge in [0.1, 0.15) is 0 Å².